The van der Waals surface area contributed by atoms with Gasteiger partial charge < -0.3 is 9.84 Å². The van der Waals surface area contributed by atoms with E-state index in [0.717, 1.165) is 4.90 Å². The third-order valence-corrected chi connectivity index (χ3v) is 11.3. The number of amides is 2. The molecule has 2 fully saturated rings. The minimum Gasteiger partial charge on any atom is -0.504 e. The molecule has 10 heteroatoms. The highest BCUT2D eigenvalue weighted by Crippen LogP contribution is 2.65. The van der Waals surface area contributed by atoms with Crippen molar-refractivity contribution in [1.82, 2.24) is 0 Å². The fraction of sp³-hybridized carbons (Fsp3) is 0.238. The number of imide groups is 1. The molecule has 1 N–H and O–H groups in total. The molecule has 52 heavy (non-hydrogen) atoms. The first kappa shape index (κ1) is 33.0. The molecule has 10 nitrogen and oxygen atoms in total. The monoisotopic (exact) mass is 694 g/mol. The number of rotatable bonds is 7. The number of allylic oxidation sites excluding steroid dienone is 4. The second-order valence-electron chi connectivity index (χ2n) is 13.7. The number of nitrogens with zero attached hydrogens (tertiary/aromatic N) is 2. The van der Waals surface area contributed by atoms with Crippen LogP contribution in [0.15, 0.2) is 121 Å². The zero-order chi connectivity index (χ0) is 36.3. The van der Waals surface area contributed by atoms with Crippen molar-refractivity contribution in [1.29, 1.82) is 0 Å². The van der Waals surface area contributed by atoms with Gasteiger partial charge in [0.15, 0.2) is 23.1 Å². The first-order valence-electron chi connectivity index (χ1n) is 17.4. The van der Waals surface area contributed by atoms with Crippen LogP contribution >= 0.6 is 0 Å². The summed E-state index contributed by atoms with van der Waals surface area (Å²) in [5, 5.41) is 23.5. The zero-order valence-corrected chi connectivity index (χ0v) is 28.2. The van der Waals surface area contributed by atoms with E-state index in [-0.39, 0.29) is 59.5 Å². The molecular weight excluding hydrogens is 660 g/mol. The minimum atomic E-state index is -1.51. The first-order chi connectivity index (χ1) is 25.2. The quantitative estimate of drug-likeness (QED) is 0.0971. The lowest BCUT2D eigenvalue weighted by Crippen LogP contribution is -2.58. The SMILES string of the molecule is CCOc1cccc(C2C3=CCC4C(=O)N(c5cccc([N+](=O)[O-])c5)C(=O)C4C3CC3C(=O)C(c4ccccc4)=CC(=O)C32c2ccccc2)c1O. The first-order valence-corrected chi connectivity index (χ1v) is 17.4. The lowest BCUT2D eigenvalue weighted by Gasteiger charge is -2.55. The molecule has 0 bridgehead atoms. The van der Waals surface area contributed by atoms with Gasteiger partial charge in [-0.05, 0) is 55.0 Å². The number of non-ortho nitro benzene ring substituents is 1. The molecule has 1 saturated heterocycles. The number of carbonyl (C=O) groups excluding carboxylic acids is 4. The molecule has 0 aromatic heterocycles. The molecule has 1 saturated carbocycles. The van der Waals surface area contributed by atoms with Gasteiger partial charge in [0.05, 0.1) is 34.5 Å². The van der Waals surface area contributed by atoms with Gasteiger partial charge in [0.1, 0.15) is 0 Å². The molecule has 6 atom stereocenters. The molecule has 4 aliphatic rings. The summed E-state index contributed by atoms with van der Waals surface area (Å²) >= 11 is 0. The molecule has 8 rings (SSSR count). The molecule has 1 aliphatic heterocycles. The molecule has 260 valence electrons. The number of hydrogen-bond donors (Lipinski definition) is 1. The number of benzene rings is 4. The van der Waals surface area contributed by atoms with E-state index in [4.69, 9.17) is 4.74 Å². The van der Waals surface area contributed by atoms with Crippen LogP contribution in [0.4, 0.5) is 11.4 Å². The Morgan fingerprint density at radius 3 is 2.31 bits per heavy atom. The van der Waals surface area contributed by atoms with Gasteiger partial charge in [-0.2, -0.15) is 0 Å². The Labute approximate surface area is 299 Å². The molecule has 0 spiro atoms. The highest BCUT2D eigenvalue weighted by molar-refractivity contribution is 6.32. The molecule has 3 aliphatic carbocycles. The van der Waals surface area contributed by atoms with Crippen LogP contribution in [0.1, 0.15) is 42.4 Å². The predicted molar refractivity (Wildman–Crippen MR) is 191 cm³/mol. The summed E-state index contributed by atoms with van der Waals surface area (Å²) in [5.41, 5.74) is 0.845. The summed E-state index contributed by atoms with van der Waals surface area (Å²) in [5.74, 6) is -5.78. The van der Waals surface area contributed by atoms with Crippen LogP contribution in [0.3, 0.4) is 0 Å². The van der Waals surface area contributed by atoms with Gasteiger partial charge in [-0.1, -0.05) is 90.5 Å². The van der Waals surface area contributed by atoms with Crippen molar-refractivity contribution in [3.63, 3.8) is 0 Å². The number of carbonyl (C=O) groups is 4. The number of Topliss-reactive ketones (excluding diaryl/α,β-unsaturated/α-hetero) is 1. The standard InChI is InChI=1S/C42H34N2O8/c1-2-52-34-18-10-17-30(39(34)47)37-28-19-20-29-36(41(49)43(40(29)48)26-15-9-16-27(21-26)44(50)51)32(28)22-33-38(46)31(24-11-5-3-6-12-24)23-35(45)42(33,37)25-13-7-4-8-14-25/h3-19,21,23,29,32-33,36-37,47H,2,20,22H2,1H3. The number of hydrogen-bond acceptors (Lipinski definition) is 8. The number of nitro benzene ring substituents is 1. The van der Waals surface area contributed by atoms with E-state index >= 15 is 9.59 Å². The number of nitro groups is 1. The van der Waals surface area contributed by atoms with Crippen LogP contribution in [0, 0.1) is 33.8 Å². The molecule has 1 heterocycles. The number of ether oxygens (including phenoxy) is 1. The smallest absolute Gasteiger partial charge is 0.271 e. The van der Waals surface area contributed by atoms with Gasteiger partial charge >= 0.3 is 0 Å². The largest absolute Gasteiger partial charge is 0.504 e. The second kappa shape index (κ2) is 12.6. The molecular formula is C42H34N2O8. The van der Waals surface area contributed by atoms with Crippen LogP contribution in [-0.2, 0) is 24.6 Å². The van der Waals surface area contributed by atoms with Crippen molar-refractivity contribution in [3.8, 4) is 11.5 Å². The summed E-state index contributed by atoms with van der Waals surface area (Å²) < 4.78 is 5.81. The highest BCUT2D eigenvalue weighted by atomic mass is 16.6. The van der Waals surface area contributed by atoms with Crippen molar-refractivity contribution in [2.75, 3.05) is 11.5 Å². The van der Waals surface area contributed by atoms with Gasteiger partial charge in [-0.25, -0.2) is 4.90 Å². The summed E-state index contributed by atoms with van der Waals surface area (Å²) in [4.78, 5) is 70.9. The Balaban J connectivity index is 1.36. The second-order valence-corrected chi connectivity index (χ2v) is 13.7. The fourth-order valence-corrected chi connectivity index (χ4v) is 9.26. The van der Waals surface area contributed by atoms with Gasteiger partial charge in [0, 0.05) is 35.1 Å². The van der Waals surface area contributed by atoms with E-state index < -0.39 is 51.7 Å². The summed E-state index contributed by atoms with van der Waals surface area (Å²) in [6.07, 6.45) is 3.58. The number of anilines is 1. The summed E-state index contributed by atoms with van der Waals surface area (Å²) in [7, 11) is 0. The average molecular weight is 695 g/mol. The van der Waals surface area contributed by atoms with Crippen LogP contribution < -0.4 is 9.64 Å². The molecule has 0 radical (unpaired) electrons. The lowest BCUT2D eigenvalue weighted by atomic mass is 9.44. The number of ketones is 2. The van der Waals surface area contributed by atoms with Crippen LogP contribution in [-0.4, -0.2) is 40.0 Å². The predicted octanol–water partition coefficient (Wildman–Crippen LogP) is 6.73. The van der Waals surface area contributed by atoms with Gasteiger partial charge in [-0.15, -0.1) is 0 Å². The van der Waals surface area contributed by atoms with Crippen molar-refractivity contribution >= 4 is 40.3 Å². The summed E-state index contributed by atoms with van der Waals surface area (Å²) in [6, 6.07) is 28.6. The Kier molecular flexibility index (Phi) is 7.97. The van der Waals surface area contributed by atoms with E-state index in [1.807, 2.05) is 42.5 Å². The van der Waals surface area contributed by atoms with E-state index in [9.17, 15) is 24.8 Å². The van der Waals surface area contributed by atoms with Gasteiger partial charge in [-0.3, -0.25) is 29.3 Å². The summed E-state index contributed by atoms with van der Waals surface area (Å²) in [6.45, 7) is 2.07. The van der Waals surface area contributed by atoms with Crippen molar-refractivity contribution < 1.29 is 33.9 Å². The molecule has 2 amide bonds. The van der Waals surface area contributed by atoms with Crippen LogP contribution in [0.2, 0.25) is 0 Å². The Morgan fingerprint density at radius 2 is 1.60 bits per heavy atom. The highest BCUT2D eigenvalue weighted by Gasteiger charge is 2.66. The average Bonchev–Trinajstić information content (AvgIpc) is 3.42. The maximum absolute atomic E-state index is 15.2. The van der Waals surface area contributed by atoms with Gasteiger partial charge in [0.2, 0.25) is 11.8 Å². The van der Waals surface area contributed by atoms with E-state index in [0.29, 0.717) is 22.3 Å². The Bertz CT molecular complexity index is 2230. The van der Waals surface area contributed by atoms with Gasteiger partial charge in [0.25, 0.3) is 5.69 Å². The maximum atomic E-state index is 15.2. The molecule has 4 aromatic rings. The fourth-order valence-electron chi connectivity index (χ4n) is 9.26. The number of para-hydroxylation sites is 1. The zero-order valence-electron chi connectivity index (χ0n) is 28.2. The number of phenolic OH excluding ortho intramolecular Hbond substituents is 1. The van der Waals surface area contributed by atoms with Crippen molar-refractivity contribution in [2.45, 2.75) is 31.1 Å². The number of aromatic hydroxyl groups is 1. The normalized spacial score (nSPS) is 26.6. The Hall–Kier alpha value is -6.16. The topological polar surface area (TPSA) is 144 Å². The lowest BCUT2D eigenvalue weighted by molar-refractivity contribution is -0.384. The van der Waals surface area contributed by atoms with Crippen molar-refractivity contribution in [2.24, 2.45) is 23.7 Å². The maximum Gasteiger partial charge on any atom is 0.271 e. The van der Waals surface area contributed by atoms with Crippen LogP contribution in [0.5, 0.6) is 11.5 Å². The molecule has 4 aromatic carbocycles. The van der Waals surface area contributed by atoms with Crippen molar-refractivity contribution in [3.05, 3.63) is 148 Å². The van der Waals surface area contributed by atoms with E-state index in [1.54, 1.807) is 49.4 Å². The number of phenols is 1. The third kappa shape index (κ3) is 4.77. The Morgan fingerprint density at radius 1 is 0.885 bits per heavy atom. The minimum absolute atomic E-state index is 0.0842. The molecule has 6 unspecified atom stereocenters. The van der Waals surface area contributed by atoms with E-state index in [1.165, 1.54) is 30.3 Å². The third-order valence-electron chi connectivity index (χ3n) is 11.3. The van der Waals surface area contributed by atoms with Crippen LogP contribution in [0.25, 0.3) is 5.57 Å². The van der Waals surface area contributed by atoms with E-state index in [2.05, 4.69) is 0 Å². The number of fused-ring (bicyclic) bond motifs is 4.